The maximum absolute atomic E-state index is 11.6. The zero-order valence-electron chi connectivity index (χ0n) is 12.6. The van der Waals surface area contributed by atoms with Crippen molar-refractivity contribution >= 4 is 17.2 Å². The fourth-order valence-corrected chi connectivity index (χ4v) is 3.32. The van der Waals surface area contributed by atoms with Gasteiger partial charge in [0.2, 0.25) is 0 Å². The van der Waals surface area contributed by atoms with Crippen molar-refractivity contribution in [3.05, 3.63) is 34.7 Å². The summed E-state index contributed by atoms with van der Waals surface area (Å²) in [6.45, 7) is 4.10. The molecule has 112 valence electrons. The number of amides is 1. The second-order valence-electron chi connectivity index (χ2n) is 4.98. The fraction of sp³-hybridized carbons (Fsp3) is 0.312. The summed E-state index contributed by atoms with van der Waals surface area (Å²) in [6, 6.07) is 7.73. The molecule has 2 N–H and O–H groups in total. The summed E-state index contributed by atoms with van der Waals surface area (Å²) in [7, 11) is 3.20. The highest BCUT2D eigenvalue weighted by atomic mass is 32.1. The zero-order valence-corrected chi connectivity index (χ0v) is 13.4. The summed E-state index contributed by atoms with van der Waals surface area (Å²) < 4.78 is 10.6. The Morgan fingerprint density at radius 1 is 1.14 bits per heavy atom. The highest BCUT2D eigenvalue weighted by molar-refractivity contribution is 7.17. The molecule has 21 heavy (non-hydrogen) atoms. The number of hydrogen-bond acceptors (Lipinski definition) is 4. The van der Waals surface area contributed by atoms with Crippen molar-refractivity contribution in [2.75, 3.05) is 14.2 Å². The zero-order chi connectivity index (χ0) is 15.6. The van der Waals surface area contributed by atoms with Crippen molar-refractivity contribution in [3.8, 4) is 21.9 Å². The van der Waals surface area contributed by atoms with Crippen LogP contribution in [0.15, 0.2) is 24.3 Å². The van der Waals surface area contributed by atoms with Gasteiger partial charge in [-0.05, 0) is 41.3 Å². The minimum absolute atomic E-state index is 0.248. The third kappa shape index (κ3) is 3.03. The van der Waals surface area contributed by atoms with Gasteiger partial charge >= 0.3 is 0 Å². The molecule has 0 unspecified atom stereocenters. The largest absolute Gasteiger partial charge is 0.493 e. The molecule has 0 saturated carbocycles. The molecule has 0 spiro atoms. The Hall–Kier alpha value is -2.01. The summed E-state index contributed by atoms with van der Waals surface area (Å²) >= 11 is 1.41. The van der Waals surface area contributed by atoms with E-state index in [-0.39, 0.29) is 11.8 Å². The molecule has 0 fully saturated rings. The molecule has 0 saturated heterocycles. The van der Waals surface area contributed by atoms with Crippen molar-refractivity contribution in [2.24, 2.45) is 5.73 Å². The minimum atomic E-state index is -0.379. The normalized spacial score (nSPS) is 10.7. The van der Waals surface area contributed by atoms with E-state index in [2.05, 4.69) is 0 Å². The van der Waals surface area contributed by atoms with E-state index >= 15 is 0 Å². The van der Waals surface area contributed by atoms with Crippen molar-refractivity contribution in [1.82, 2.24) is 0 Å². The molecule has 0 bridgehead atoms. The number of benzene rings is 1. The minimum Gasteiger partial charge on any atom is -0.493 e. The Kier molecular flexibility index (Phi) is 4.53. The molecule has 1 heterocycles. The Labute approximate surface area is 128 Å². The Bertz CT molecular complexity index is 662. The van der Waals surface area contributed by atoms with Crippen LogP contribution in [0.4, 0.5) is 0 Å². The number of methoxy groups -OCH3 is 2. The Balaban J connectivity index is 2.52. The summed E-state index contributed by atoms with van der Waals surface area (Å²) in [5.41, 5.74) is 7.43. The number of carbonyl (C=O) groups excluding carboxylic acids is 1. The average molecular weight is 305 g/mol. The lowest BCUT2D eigenvalue weighted by Crippen LogP contribution is -2.11. The smallest absolute Gasteiger partial charge is 0.259 e. The predicted molar refractivity (Wildman–Crippen MR) is 85.5 cm³/mol. The van der Waals surface area contributed by atoms with Crippen LogP contribution in [0.1, 0.15) is 35.0 Å². The molecular formula is C16H19NO3S. The van der Waals surface area contributed by atoms with Crippen LogP contribution in [0.25, 0.3) is 10.4 Å². The molecule has 1 aromatic heterocycles. The van der Waals surface area contributed by atoms with E-state index in [1.54, 1.807) is 14.2 Å². The van der Waals surface area contributed by atoms with E-state index < -0.39 is 0 Å². The predicted octanol–water partition coefficient (Wildman–Crippen LogP) is 3.65. The molecule has 5 heteroatoms. The average Bonchev–Trinajstić information content (AvgIpc) is 2.92. The lowest BCUT2D eigenvalue weighted by atomic mass is 10.0. The van der Waals surface area contributed by atoms with E-state index in [1.165, 1.54) is 11.3 Å². The van der Waals surface area contributed by atoms with Gasteiger partial charge in [0.15, 0.2) is 11.5 Å². The molecule has 1 aromatic carbocycles. The molecule has 0 aliphatic rings. The van der Waals surface area contributed by atoms with Crippen LogP contribution in [-0.4, -0.2) is 20.1 Å². The van der Waals surface area contributed by atoms with Gasteiger partial charge in [0.05, 0.1) is 19.1 Å². The van der Waals surface area contributed by atoms with Gasteiger partial charge in [-0.1, -0.05) is 13.8 Å². The Morgan fingerprint density at radius 3 is 2.29 bits per heavy atom. The molecule has 1 amide bonds. The maximum atomic E-state index is 11.6. The first kappa shape index (κ1) is 15.4. The molecule has 0 aliphatic heterocycles. The first-order valence-electron chi connectivity index (χ1n) is 6.63. The standard InChI is InChI=1S/C16H19NO3S/c1-9(2)11-8-14(21-15(11)16(17)18)10-5-6-12(19-3)13(7-10)20-4/h5-9H,1-4H3,(H2,17,18). The second-order valence-corrected chi connectivity index (χ2v) is 6.04. The van der Waals surface area contributed by atoms with Crippen molar-refractivity contribution in [3.63, 3.8) is 0 Å². The van der Waals surface area contributed by atoms with E-state index in [9.17, 15) is 4.79 Å². The van der Waals surface area contributed by atoms with Gasteiger partial charge in [-0.2, -0.15) is 0 Å². The monoisotopic (exact) mass is 305 g/mol. The van der Waals surface area contributed by atoms with Gasteiger partial charge in [-0.3, -0.25) is 4.79 Å². The second kappa shape index (κ2) is 6.18. The SMILES string of the molecule is COc1ccc(-c2cc(C(C)C)c(C(N)=O)s2)cc1OC. The lowest BCUT2D eigenvalue weighted by Gasteiger charge is -2.08. The van der Waals surface area contributed by atoms with Gasteiger partial charge in [-0.15, -0.1) is 11.3 Å². The first-order chi connectivity index (χ1) is 9.97. The van der Waals surface area contributed by atoms with Gasteiger partial charge < -0.3 is 15.2 Å². The molecule has 0 aliphatic carbocycles. The van der Waals surface area contributed by atoms with E-state index in [0.717, 1.165) is 16.0 Å². The van der Waals surface area contributed by atoms with E-state index in [4.69, 9.17) is 15.2 Å². The number of rotatable bonds is 5. The third-order valence-electron chi connectivity index (χ3n) is 3.27. The number of carbonyl (C=O) groups is 1. The highest BCUT2D eigenvalue weighted by Gasteiger charge is 2.17. The number of primary amides is 1. The van der Waals surface area contributed by atoms with E-state index in [1.807, 2.05) is 38.1 Å². The number of thiophene rings is 1. The Morgan fingerprint density at radius 2 is 1.81 bits per heavy atom. The molecule has 2 rings (SSSR count). The van der Waals surface area contributed by atoms with Gasteiger partial charge in [-0.25, -0.2) is 0 Å². The molecule has 0 atom stereocenters. The molecule has 2 aromatic rings. The lowest BCUT2D eigenvalue weighted by molar-refractivity contribution is 0.100. The number of hydrogen-bond donors (Lipinski definition) is 1. The van der Waals surface area contributed by atoms with E-state index in [0.29, 0.717) is 16.4 Å². The first-order valence-corrected chi connectivity index (χ1v) is 7.45. The summed E-state index contributed by atoms with van der Waals surface area (Å²) in [5.74, 6) is 1.21. The highest BCUT2D eigenvalue weighted by Crippen LogP contribution is 2.38. The summed E-state index contributed by atoms with van der Waals surface area (Å²) in [4.78, 5) is 13.2. The topological polar surface area (TPSA) is 61.5 Å². The van der Waals surface area contributed by atoms with Gasteiger partial charge in [0.25, 0.3) is 5.91 Å². The van der Waals surface area contributed by atoms with Crippen molar-refractivity contribution < 1.29 is 14.3 Å². The van der Waals surface area contributed by atoms with Gasteiger partial charge in [0.1, 0.15) is 0 Å². The van der Waals surface area contributed by atoms with Gasteiger partial charge in [0, 0.05) is 4.88 Å². The number of ether oxygens (including phenoxy) is 2. The molecular weight excluding hydrogens is 286 g/mol. The van der Waals surface area contributed by atoms with Crippen LogP contribution in [0, 0.1) is 0 Å². The molecule has 4 nitrogen and oxygen atoms in total. The van der Waals surface area contributed by atoms with Crippen LogP contribution >= 0.6 is 11.3 Å². The van der Waals surface area contributed by atoms with Crippen LogP contribution in [0.5, 0.6) is 11.5 Å². The van der Waals surface area contributed by atoms with Crippen LogP contribution in [0.2, 0.25) is 0 Å². The summed E-state index contributed by atoms with van der Waals surface area (Å²) in [6.07, 6.45) is 0. The molecule has 0 radical (unpaired) electrons. The van der Waals surface area contributed by atoms with Crippen LogP contribution in [0.3, 0.4) is 0 Å². The third-order valence-corrected chi connectivity index (χ3v) is 4.49. The number of nitrogens with two attached hydrogens (primary N) is 1. The van der Waals surface area contributed by atoms with Crippen molar-refractivity contribution in [2.45, 2.75) is 19.8 Å². The quantitative estimate of drug-likeness (QED) is 0.917. The van der Waals surface area contributed by atoms with Crippen molar-refractivity contribution in [1.29, 1.82) is 0 Å². The summed E-state index contributed by atoms with van der Waals surface area (Å²) in [5, 5.41) is 0. The van der Waals surface area contributed by atoms with Crippen LogP contribution < -0.4 is 15.2 Å². The maximum Gasteiger partial charge on any atom is 0.259 e. The fourth-order valence-electron chi connectivity index (χ4n) is 2.16. The van der Waals surface area contributed by atoms with Crippen LogP contribution in [-0.2, 0) is 0 Å².